The van der Waals surface area contributed by atoms with Crippen LogP contribution < -0.4 is 0 Å². The van der Waals surface area contributed by atoms with Crippen LogP contribution in [-0.2, 0) is 0 Å². The Morgan fingerprint density at radius 3 is 2.75 bits per heavy atom. The van der Waals surface area contributed by atoms with Crippen molar-refractivity contribution in [2.45, 2.75) is 4.90 Å². The van der Waals surface area contributed by atoms with Crippen molar-refractivity contribution in [1.82, 2.24) is 0 Å². The Bertz CT molecular complexity index is 480. The third-order valence-electron chi connectivity index (χ3n) is 1.99. The maximum atomic E-state index is 11.8. The minimum absolute atomic E-state index is 0.191. The van der Waals surface area contributed by atoms with Crippen LogP contribution in [0.1, 0.15) is 9.67 Å². The van der Waals surface area contributed by atoms with E-state index < -0.39 is 0 Å². The third kappa shape index (κ3) is 2.97. The van der Waals surface area contributed by atoms with Gasteiger partial charge in [-0.2, -0.15) is 0 Å². The summed E-state index contributed by atoms with van der Waals surface area (Å²) in [6.07, 6.45) is 0. The Labute approximate surface area is 111 Å². The number of ketones is 1. The molecule has 4 heteroatoms. The minimum Gasteiger partial charge on any atom is -0.292 e. The molecule has 0 N–H and O–H groups in total. The van der Waals surface area contributed by atoms with E-state index in [9.17, 15) is 4.79 Å². The molecule has 0 radical (unpaired) electrons. The molecule has 1 aromatic heterocycles. The summed E-state index contributed by atoms with van der Waals surface area (Å²) < 4.78 is 1.04. The molecule has 2 rings (SSSR count). The molecular weight excluding hydrogens is 304 g/mol. The number of hydrogen-bond acceptors (Lipinski definition) is 3. The van der Waals surface area contributed by atoms with Crippen LogP contribution in [0.5, 0.6) is 0 Å². The number of carbonyl (C=O) groups is 1. The number of carbonyl (C=O) groups excluding carboxylic acids is 1. The standard InChI is InChI=1S/C12H9BrOS2/c13-9-4-1-2-5-11(9)16-8-10(14)12-6-3-7-15-12/h1-7H,8H2. The number of thioether (sulfide) groups is 1. The normalized spacial score (nSPS) is 10.3. The lowest BCUT2D eigenvalue weighted by Gasteiger charge is -2.02. The molecule has 0 aliphatic carbocycles. The van der Waals surface area contributed by atoms with Gasteiger partial charge >= 0.3 is 0 Å². The van der Waals surface area contributed by atoms with Crippen LogP contribution >= 0.6 is 39.0 Å². The van der Waals surface area contributed by atoms with Gasteiger partial charge in [0.2, 0.25) is 0 Å². The number of hydrogen-bond donors (Lipinski definition) is 0. The van der Waals surface area contributed by atoms with Crippen molar-refractivity contribution in [1.29, 1.82) is 0 Å². The summed E-state index contributed by atoms with van der Waals surface area (Å²) in [7, 11) is 0. The first-order valence-electron chi connectivity index (χ1n) is 4.71. The zero-order chi connectivity index (χ0) is 11.4. The van der Waals surface area contributed by atoms with Crippen molar-refractivity contribution in [2.75, 3.05) is 5.75 Å². The van der Waals surface area contributed by atoms with Gasteiger partial charge in [0, 0.05) is 9.37 Å². The smallest absolute Gasteiger partial charge is 0.182 e. The average Bonchev–Trinajstić information content (AvgIpc) is 2.81. The number of benzene rings is 1. The van der Waals surface area contributed by atoms with Gasteiger partial charge in [0.15, 0.2) is 5.78 Å². The average molecular weight is 313 g/mol. The van der Waals surface area contributed by atoms with Crippen molar-refractivity contribution in [3.05, 3.63) is 51.1 Å². The highest BCUT2D eigenvalue weighted by Gasteiger charge is 2.08. The fourth-order valence-electron chi connectivity index (χ4n) is 1.21. The zero-order valence-corrected chi connectivity index (χ0v) is 11.6. The van der Waals surface area contributed by atoms with Gasteiger partial charge in [0.1, 0.15) is 0 Å². The first kappa shape index (κ1) is 11.9. The first-order valence-corrected chi connectivity index (χ1v) is 7.37. The van der Waals surface area contributed by atoms with Crippen molar-refractivity contribution in [2.24, 2.45) is 0 Å². The molecule has 0 aliphatic rings. The van der Waals surface area contributed by atoms with Gasteiger partial charge in [-0.15, -0.1) is 23.1 Å². The number of halogens is 1. The van der Waals surface area contributed by atoms with Gasteiger partial charge < -0.3 is 0 Å². The minimum atomic E-state index is 0.191. The summed E-state index contributed by atoms with van der Waals surface area (Å²) >= 11 is 6.53. The largest absolute Gasteiger partial charge is 0.292 e. The Morgan fingerprint density at radius 1 is 1.25 bits per heavy atom. The van der Waals surface area contributed by atoms with E-state index in [4.69, 9.17) is 0 Å². The first-order chi connectivity index (χ1) is 7.77. The molecule has 0 unspecified atom stereocenters. The quantitative estimate of drug-likeness (QED) is 0.611. The van der Waals surface area contributed by atoms with Gasteiger partial charge in [-0.1, -0.05) is 18.2 Å². The van der Waals surface area contributed by atoms with E-state index in [1.165, 1.54) is 11.3 Å². The van der Waals surface area contributed by atoms with E-state index in [1.807, 2.05) is 41.8 Å². The summed E-state index contributed by atoms with van der Waals surface area (Å²) in [5.74, 6) is 0.680. The molecule has 0 saturated heterocycles. The topological polar surface area (TPSA) is 17.1 Å². The molecule has 0 spiro atoms. The van der Waals surface area contributed by atoms with Crippen LogP contribution in [-0.4, -0.2) is 11.5 Å². The van der Waals surface area contributed by atoms with Crippen molar-refractivity contribution in [3.8, 4) is 0 Å². The maximum Gasteiger partial charge on any atom is 0.182 e. The molecule has 0 amide bonds. The van der Waals surface area contributed by atoms with Crippen LogP contribution in [0.15, 0.2) is 51.1 Å². The van der Waals surface area contributed by atoms with Gasteiger partial charge in [0.05, 0.1) is 10.6 Å². The molecule has 1 heterocycles. The van der Waals surface area contributed by atoms with Gasteiger partial charge in [-0.05, 0) is 39.5 Å². The second kappa shape index (κ2) is 5.66. The van der Waals surface area contributed by atoms with E-state index in [-0.39, 0.29) is 5.78 Å². The Balaban J connectivity index is 1.98. The predicted octanol–water partition coefficient (Wildman–Crippen LogP) is 4.49. The zero-order valence-electron chi connectivity index (χ0n) is 8.35. The van der Waals surface area contributed by atoms with E-state index >= 15 is 0 Å². The van der Waals surface area contributed by atoms with Gasteiger partial charge in [0.25, 0.3) is 0 Å². The summed E-state index contributed by atoms with van der Waals surface area (Å²) in [6.45, 7) is 0. The summed E-state index contributed by atoms with van der Waals surface area (Å²) in [5.41, 5.74) is 0. The van der Waals surface area contributed by atoms with Gasteiger partial charge in [-0.25, -0.2) is 0 Å². The predicted molar refractivity (Wildman–Crippen MR) is 73.5 cm³/mol. The van der Waals surface area contributed by atoms with Crippen molar-refractivity contribution < 1.29 is 4.79 Å². The highest BCUT2D eigenvalue weighted by molar-refractivity contribution is 9.10. The lowest BCUT2D eigenvalue weighted by molar-refractivity contribution is 0.102. The SMILES string of the molecule is O=C(CSc1ccccc1Br)c1cccs1. The van der Waals surface area contributed by atoms with Gasteiger partial charge in [-0.3, -0.25) is 4.79 Å². The van der Waals surface area contributed by atoms with E-state index in [2.05, 4.69) is 15.9 Å². The van der Waals surface area contributed by atoms with Crippen LogP contribution in [0.25, 0.3) is 0 Å². The van der Waals surface area contributed by atoms with Crippen molar-refractivity contribution >= 4 is 44.8 Å². The second-order valence-electron chi connectivity index (χ2n) is 3.12. The highest BCUT2D eigenvalue weighted by Crippen LogP contribution is 2.27. The molecule has 1 aromatic carbocycles. The Kier molecular flexibility index (Phi) is 4.21. The van der Waals surface area contributed by atoms with E-state index in [0.717, 1.165) is 14.2 Å². The van der Waals surface area contributed by atoms with Crippen LogP contribution in [0.2, 0.25) is 0 Å². The van der Waals surface area contributed by atoms with E-state index in [1.54, 1.807) is 11.8 Å². The second-order valence-corrected chi connectivity index (χ2v) is 5.94. The fourth-order valence-corrected chi connectivity index (χ4v) is 3.42. The molecule has 0 bridgehead atoms. The Hall–Kier alpha value is -0.580. The van der Waals surface area contributed by atoms with Crippen LogP contribution in [0.3, 0.4) is 0 Å². The molecule has 82 valence electrons. The highest BCUT2D eigenvalue weighted by atomic mass is 79.9. The lowest BCUT2D eigenvalue weighted by Crippen LogP contribution is -1.99. The van der Waals surface area contributed by atoms with Crippen LogP contribution in [0.4, 0.5) is 0 Å². The molecule has 0 aliphatic heterocycles. The number of thiophene rings is 1. The lowest BCUT2D eigenvalue weighted by atomic mass is 10.3. The number of Topliss-reactive ketones (excluding diaryl/α,β-unsaturated/α-hetero) is 1. The molecule has 2 aromatic rings. The summed E-state index contributed by atoms with van der Waals surface area (Å²) in [6, 6.07) is 11.7. The molecular formula is C12H9BrOS2. The number of rotatable bonds is 4. The van der Waals surface area contributed by atoms with Crippen LogP contribution in [0, 0.1) is 0 Å². The third-order valence-corrected chi connectivity index (χ3v) is 4.93. The van der Waals surface area contributed by atoms with Crippen molar-refractivity contribution in [3.63, 3.8) is 0 Å². The molecule has 1 nitrogen and oxygen atoms in total. The summed E-state index contributed by atoms with van der Waals surface area (Å²) in [4.78, 5) is 13.7. The molecule has 0 saturated carbocycles. The Morgan fingerprint density at radius 2 is 2.06 bits per heavy atom. The molecule has 16 heavy (non-hydrogen) atoms. The van der Waals surface area contributed by atoms with E-state index in [0.29, 0.717) is 5.75 Å². The maximum absolute atomic E-state index is 11.8. The molecule has 0 atom stereocenters. The molecule has 0 fully saturated rings. The monoisotopic (exact) mass is 312 g/mol. The summed E-state index contributed by atoms with van der Waals surface area (Å²) in [5, 5.41) is 1.93. The fraction of sp³-hybridized carbons (Fsp3) is 0.0833.